The maximum absolute atomic E-state index is 2.68. The fourth-order valence-corrected chi connectivity index (χ4v) is 7.28. The molecule has 5 rings (SSSR count). The Kier molecular flexibility index (Phi) is 5.47. The highest BCUT2D eigenvalue weighted by atomic mass is 127. The number of hydrogen-bond donors (Lipinski definition) is 0. The Balaban J connectivity index is 1.63. The molecule has 0 saturated carbocycles. The van der Waals surface area contributed by atoms with Gasteiger partial charge in [-0.3, -0.25) is 0 Å². The molecule has 0 bridgehead atoms. The molecule has 0 fully saturated rings. The molecular formula is C32H33I. The van der Waals surface area contributed by atoms with E-state index in [9.17, 15) is 0 Å². The molecule has 2 atom stereocenters. The van der Waals surface area contributed by atoms with E-state index in [0.717, 1.165) is 6.42 Å². The van der Waals surface area contributed by atoms with Crippen LogP contribution in [0, 0.1) is 26.7 Å². The van der Waals surface area contributed by atoms with Crippen LogP contribution in [-0.2, 0) is 3.42 Å². The molecule has 1 heteroatoms. The van der Waals surface area contributed by atoms with E-state index in [4.69, 9.17) is 0 Å². The van der Waals surface area contributed by atoms with Crippen LogP contribution in [-0.4, -0.2) is 0 Å². The Morgan fingerprint density at radius 2 is 1.33 bits per heavy atom. The van der Waals surface area contributed by atoms with Gasteiger partial charge >= 0.3 is 0 Å². The van der Waals surface area contributed by atoms with Gasteiger partial charge in [0.25, 0.3) is 0 Å². The van der Waals surface area contributed by atoms with Crippen LogP contribution in [0.1, 0.15) is 67.5 Å². The molecule has 0 nitrogen and oxygen atoms in total. The molecule has 33 heavy (non-hydrogen) atoms. The number of benzene rings is 3. The van der Waals surface area contributed by atoms with E-state index in [1.807, 2.05) is 0 Å². The molecule has 0 saturated heterocycles. The molecule has 2 aliphatic rings. The lowest BCUT2D eigenvalue weighted by atomic mass is 9.82. The highest BCUT2D eigenvalue weighted by Crippen LogP contribution is 2.54. The predicted molar refractivity (Wildman–Crippen MR) is 152 cm³/mol. The molecule has 0 spiro atoms. The van der Waals surface area contributed by atoms with E-state index < -0.39 is 0 Å². The normalized spacial score (nSPS) is 21.7. The molecular weight excluding hydrogens is 511 g/mol. The molecule has 3 aromatic carbocycles. The van der Waals surface area contributed by atoms with Crippen LogP contribution < -0.4 is 0 Å². The van der Waals surface area contributed by atoms with Crippen LogP contribution in [0.25, 0.3) is 27.8 Å². The quantitative estimate of drug-likeness (QED) is 0.223. The number of hydrogen-bond acceptors (Lipinski definition) is 0. The van der Waals surface area contributed by atoms with E-state index in [0.29, 0.717) is 5.92 Å². The van der Waals surface area contributed by atoms with Crippen LogP contribution in [0.2, 0.25) is 0 Å². The number of halogens is 1. The van der Waals surface area contributed by atoms with Crippen molar-refractivity contribution in [2.75, 3.05) is 0 Å². The van der Waals surface area contributed by atoms with Crippen molar-refractivity contribution in [3.05, 3.63) is 99.1 Å². The second-order valence-corrected chi connectivity index (χ2v) is 12.6. The lowest BCUT2D eigenvalue weighted by Crippen LogP contribution is -2.11. The van der Waals surface area contributed by atoms with Gasteiger partial charge in [0.1, 0.15) is 0 Å². The Labute approximate surface area is 213 Å². The zero-order valence-electron chi connectivity index (χ0n) is 20.9. The summed E-state index contributed by atoms with van der Waals surface area (Å²) in [6, 6.07) is 18.9. The third kappa shape index (κ3) is 3.64. The highest BCUT2D eigenvalue weighted by molar-refractivity contribution is 14.1. The molecule has 0 aliphatic heterocycles. The maximum Gasteiger partial charge on any atom is 0.0703 e. The molecule has 0 aromatic heterocycles. The van der Waals surface area contributed by atoms with Gasteiger partial charge in [0, 0.05) is 0 Å². The van der Waals surface area contributed by atoms with Crippen molar-refractivity contribution in [2.24, 2.45) is 5.92 Å². The Bertz CT molecular complexity index is 1340. The molecule has 2 aliphatic carbocycles. The van der Waals surface area contributed by atoms with Crippen LogP contribution in [0.15, 0.2) is 65.8 Å². The first-order valence-electron chi connectivity index (χ1n) is 12.0. The summed E-state index contributed by atoms with van der Waals surface area (Å²) >= 11 is 2.68. The molecule has 0 heterocycles. The van der Waals surface area contributed by atoms with E-state index in [2.05, 4.69) is 126 Å². The molecule has 0 amide bonds. The van der Waals surface area contributed by atoms with Gasteiger partial charge in [0.05, 0.1) is 3.42 Å². The summed E-state index contributed by atoms with van der Waals surface area (Å²) in [5, 5.41) is 0. The summed E-state index contributed by atoms with van der Waals surface area (Å²) in [5.74, 6) is 0.634. The number of aryl methyl sites for hydroxylation is 3. The lowest BCUT2D eigenvalue weighted by Gasteiger charge is -2.24. The zero-order valence-corrected chi connectivity index (χ0v) is 23.0. The largest absolute Gasteiger partial charge is 0.0778 e. The summed E-state index contributed by atoms with van der Waals surface area (Å²) in [4.78, 5) is 0. The van der Waals surface area contributed by atoms with Crippen LogP contribution >= 0.6 is 22.6 Å². The number of rotatable bonds is 2. The molecule has 2 unspecified atom stereocenters. The van der Waals surface area contributed by atoms with E-state index in [-0.39, 0.29) is 3.42 Å². The van der Waals surface area contributed by atoms with Crippen LogP contribution in [0.4, 0.5) is 0 Å². The van der Waals surface area contributed by atoms with Crippen molar-refractivity contribution in [2.45, 2.75) is 58.3 Å². The van der Waals surface area contributed by atoms with Crippen molar-refractivity contribution in [3.63, 3.8) is 0 Å². The van der Waals surface area contributed by atoms with Crippen molar-refractivity contribution in [1.29, 1.82) is 0 Å². The minimum atomic E-state index is -0.0466. The third-order valence-electron chi connectivity index (χ3n) is 7.58. The van der Waals surface area contributed by atoms with E-state index in [1.165, 1.54) is 72.4 Å². The van der Waals surface area contributed by atoms with Gasteiger partial charge < -0.3 is 0 Å². The fraction of sp³-hybridized carbons (Fsp3) is 0.312. The van der Waals surface area contributed by atoms with E-state index in [1.54, 1.807) is 0 Å². The smallest absolute Gasteiger partial charge is 0.0703 e. The Morgan fingerprint density at radius 3 is 1.91 bits per heavy atom. The number of fused-ring (bicyclic) bond motifs is 3. The van der Waals surface area contributed by atoms with Crippen molar-refractivity contribution >= 4 is 28.2 Å². The third-order valence-corrected chi connectivity index (χ3v) is 8.74. The molecule has 168 valence electrons. The van der Waals surface area contributed by atoms with Crippen molar-refractivity contribution < 1.29 is 0 Å². The highest BCUT2D eigenvalue weighted by Gasteiger charge is 2.38. The second-order valence-electron chi connectivity index (χ2n) is 10.5. The average molecular weight is 545 g/mol. The first-order chi connectivity index (χ1) is 15.6. The minimum absolute atomic E-state index is 0.0466. The Hall–Kier alpha value is -2.13. The summed E-state index contributed by atoms with van der Waals surface area (Å²) in [6.45, 7) is 16.0. The molecule has 3 aromatic rings. The summed E-state index contributed by atoms with van der Waals surface area (Å²) < 4.78 is -0.0466. The van der Waals surface area contributed by atoms with Gasteiger partial charge in [-0.05, 0) is 127 Å². The first-order valence-corrected chi connectivity index (χ1v) is 13.1. The monoisotopic (exact) mass is 544 g/mol. The maximum atomic E-state index is 2.68. The first kappa shape index (κ1) is 22.7. The average Bonchev–Trinajstić information content (AvgIpc) is 2.93. The standard InChI is InChI=1S/C32H33I/c1-18-12-20(3)30(21(4)13-18)24-8-10-26-27-11-9-25(17-29(27)32(7,33)28(26)16-24)31-22(5)14-19(2)15-23(31)6/h8-14,16-17,19H,15H2,1-7H3. The predicted octanol–water partition coefficient (Wildman–Crippen LogP) is 9.72. The number of alkyl halides is 1. The summed E-state index contributed by atoms with van der Waals surface area (Å²) in [6.07, 6.45) is 3.59. The van der Waals surface area contributed by atoms with Gasteiger partial charge in [-0.2, -0.15) is 0 Å². The van der Waals surface area contributed by atoms with Gasteiger partial charge in [0.15, 0.2) is 0 Å². The van der Waals surface area contributed by atoms with Gasteiger partial charge in [-0.15, -0.1) is 0 Å². The molecule has 0 radical (unpaired) electrons. The number of allylic oxidation sites excluding steroid dienone is 4. The van der Waals surface area contributed by atoms with Gasteiger partial charge in [0.2, 0.25) is 0 Å². The Morgan fingerprint density at radius 1 is 0.788 bits per heavy atom. The van der Waals surface area contributed by atoms with Crippen LogP contribution in [0.3, 0.4) is 0 Å². The minimum Gasteiger partial charge on any atom is -0.0778 e. The lowest BCUT2D eigenvalue weighted by molar-refractivity contribution is 0.703. The SMILES string of the molecule is CC1=CC(C)CC(C)=C1c1ccc2c(c1)C(C)(I)c1cc(-c3c(C)cc(C)cc3C)ccc1-2. The van der Waals surface area contributed by atoms with Gasteiger partial charge in [-0.25, -0.2) is 0 Å². The van der Waals surface area contributed by atoms with Crippen molar-refractivity contribution in [1.82, 2.24) is 0 Å². The topological polar surface area (TPSA) is 0 Å². The van der Waals surface area contributed by atoms with Crippen molar-refractivity contribution in [3.8, 4) is 22.3 Å². The van der Waals surface area contributed by atoms with Gasteiger partial charge in [-0.1, -0.05) is 83.1 Å². The molecule has 0 N–H and O–H groups in total. The zero-order chi connectivity index (χ0) is 23.7. The summed E-state index contributed by atoms with van der Waals surface area (Å²) in [5.41, 5.74) is 18.2. The fourth-order valence-electron chi connectivity index (χ4n) is 6.39. The summed E-state index contributed by atoms with van der Waals surface area (Å²) in [7, 11) is 0. The second kappa shape index (κ2) is 7.98. The van der Waals surface area contributed by atoms with E-state index >= 15 is 0 Å². The van der Waals surface area contributed by atoms with Crippen LogP contribution in [0.5, 0.6) is 0 Å².